The average molecular weight is 255 g/mol. The molecule has 2 N–H and O–H groups in total. The average Bonchev–Trinajstić information content (AvgIpc) is 2.09. The van der Waals surface area contributed by atoms with Crippen molar-refractivity contribution in [3.63, 3.8) is 0 Å². The zero-order chi connectivity index (χ0) is 12.4. The van der Waals surface area contributed by atoms with Crippen LogP contribution in [0, 0.1) is 5.41 Å². The quantitative estimate of drug-likeness (QED) is 0.827. The second-order valence-electron chi connectivity index (χ2n) is 5.57. The minimum absolute atomic E-state index is 0.0457. The first-order chi connectivity index (χ1) is 7.12. The number of thioether (sulfide) groups is 1. The summed E-state index contributed by atoms with van der Waals surface area (Å²) in [6, 6.07) is 0. The van der Waals surface area contributed by atoms with Crippen molar-refractivity contribution >= 4 is 11.8 Å². The van der Waals surface area contributed by atoms with Gasteiger partial charge in [-0.25, -0.2) is 0 Å². The molecule has 0 unspecified atom stereocenters. The number of rotatable bonds is 3. The van der Waals surface area contributed by atoms with Crippen LogP contribution in [0.4, 0.5) is 13.2 Å². The van der Waals surface area contributed by atoms with Crippen molar-refractivity contribution in [1.82, 2.24) is 0 Å². The summed E-state index contributed by atoms with van der Waals surface area (Å²) in [5.74, 6) is 0.0838. The molecule has 1 nitrogen and oxygen atoms in total. The van der Waals surface area contributed by atoms with E-state index < -0.39 is 5.51 Å². The van der Waals surface area contributed by atoms with Crippen LogP contribution in [0.5, 0.6) is 0 Å². The van der Waals surface area contributed by atoms with Crippen molar-refractivity contribution in [1.29, 1.82) is 0 Å². The lowest BCUT2D eigenvalue weighted by Gasteiger charge is -2.41. The van der Waals surface area contributed by atoms with Crippen molar-refractivity contribution in [3.05, 3.63) is 0 Å². The van der Waals surface area contributed by atoms with E-state index >= 15 is 0 Å². The van der Waals surface area contributed by atoms with E-state index in [4.69, 9.17) is 5.73 Å². The fourth-order valence-electron chi connectivity index (χ4n) is 2.04. The minimum atomic E-state index is -4.12. The highest BCUT2D eigenvalue weighted by Crippen LogP contribution is 2.41. The van der Waals surface area contributed by atoms with Crippen molar-refractivity contribution < 1.29 is 13.2 Å². The van der Waals surface area contributed by atoms with Gasteiger partial charge in [-0.2, -0.15) is 13.2 Å². The second kappa shape index (κ2) is 4.77. The SMILES string of the molecule is CC1(C)CCC(N)(CCSC(F)(F)F)CC1. The Labute approximate surface area is 99.3 Å². The van der Waals surface area contributed by atoms with Crippen LogP contribution in [0.25, 0.3) is 0 Å². The van der Waals surface area contributed by atoms with Crippen LogP contribution in [0.15, 0.2) is 0 Å². The van der Waals surface area contributed by atoms with E-state index in [1.54, 1.807) is 0 Å². The lowest BCUT2D eigenvalue weighted by Crippen LogP contribution is -2.45. The maximum atomic E-state index is 12.0. The zero-order valence-corrected chi connectivity index (χ0v) is 10.7. The van der Waals surface area contributed by atoms with E-state index in [0.29, 0.717) is 11.8 Å². The Kier molecular flexibility index (Phi) is 4.22. The van der Waals surface area contributed by atoms with Crippen LogP contribution in [0.2, 0.25) is 0 Å². The Morgan fingerprint density at radius 1 is 1.12 bits per heavy atom. The molecule has 1 fully saturated rings. The number of halogens is 3. The maximum Gasteiger partial charge on any atom is 0.441 e. The summed E-state index contributed by atoms with van der Waals surface area (Å²) in [6.07, 6.45) is 4.18. The molecule has 0 aromatic rings. The minimum Gasteiger partial charge on any atom is -0.325 e. The van der Waals surface area contributed by atoms with E-state index in [2.05, 4.69) is 13.8 Å². The highest BCUT2D eigenvalue weighted by atomic mass is 32.2. The van der Waals surface area contributed by atoms with Crippen LogP contribution in [0.1, 0.15) is 46.0 Å². The first-order valence-electron chi connectivity index (χ1n) is 5.62. The fraction of sp³-hybridized carbons (Fsp3) is 1.00. The van der Waals surface area contributed by atoms with Gasteiger partial charge in [0, 0.05) is 11.3 Å². The van der Waals surface area contributed by atoms with Gasteiger partial charge in [-0.05, 0) is 37.5 Å². The molecule has 1 rings (SSSR count). The molecule has 1 aliphatic rings. The number of nitrogens with two attached hydrogens (primary N) is 1. The molecular formula is C11H20F3NS. The van der Waals surface area contributed by atoms with Gasteiger partial charge in [-0.3, -0.25) is 0 Å². The van der Waals surface area contributed by atoms with Gasteiger partial charge in [0.1, 0.15) is 0 Å². The third-order valence-corrected chi connectivity index (χ3v) is 4.20. The summed E-state index contributed by atoms with van der Waals surface area (Å²) in [4.78, 5) is 0. The summed E-state index contributed by atoms with van der Waals surface area (Å²) in [7, 11) is 0. The molecule has 96 valence electrons. The topological polar surface area (TPSA) is 26.0 Å². The highest BCUT2D eigenvalue weighted by molar-refractivity contribution is 8.00. The van der Waals surface area contributed by atoms with Crippen LogP contribution in [-0.4, -0.2) is 16.8 Å². The molecule has 1 saturated carbocycles. The zero-order valence-electron chi connectivity index (χ0n) is 9.86. The summed E-state index contributed by atoms with van der Waals surface area (Å²) in [5, 5.41) is 0. The van der Waals surface area contributed by atoms with Crippen molar-refractivity contribution in [3.8, 4) is 0 Å². The van der Waals surface area contributed by atoms with Gasteiger partial charge >= 0.3 is 5.51 Å². The molecule has 16 heavy (non-hydrogen) atoms. The molecule has 0 bridgehead atoms. The standard InChI is InChI=1S/C11H20F3NS/c1-9(2)3-5-10(15,6-4-9)7-8-16-11(12,13)14/h3-8,15H2,1-2H3. The maximum absolute atomic E-state index is 12.0. The van der Waals surface area contributed by atoms with E-state index in [9.17, 15) is 13.2 Å². The number of hydrogen-bond acceptors (Lipinski definition) is 2. The predicted octanol–water partition coefficient (Wildman–Crippen LogP) is 3.93. The smallest absolute Gasteiger partial charge is 0.325 e. The van der Waals surface area contributed by atoms with Gasteiger partial charge in [0.25, 0.3) is 0 Å². The molecule has 0 spiro atoms. The van der Waals surface area contributed by atoms with Gasteiger partial charge in [0.05, 0.1) is 0 Å². The highest BCUT2D eigenvalue weighted by Gasteiger charge is 2.36. The van der Waals surface area contributed by atoms with Crippen LogP contribution in [0.3, 0.4) is 0 Å². The number of alkyl halides is 3. The van der Waals surface area contributed by atoms with E-state index in [-0.39, 0.29) is 23.1 Å². The van der Waals surface area contributed by atoms with Gasteiger partial charge in [-0.15, -0.1) is 0 Å². The summed E-state index contributed by atoms with van der Waals surface area (Å²) < 4.78 is 35.9. The van der Waals surface area contributed by atoms with E-state index in [1.165, 1.54) is 0 Å². The molecule has 0 aromatic carbocycles. The Morgan fingerprint density at radius 2 is 1.62 bits per heavy atom. The Bertz CT molecular complexity index is 228. The molecule has 0 heterocycles. The molecule has 0 amide bonds. The summed E-state index contributed by atoms with van der Waals surface area (Å²) in [5.41, 5.74) is 1.95. The summed E-state index contributed by atoms with van der Waals surface area (Å²) in [6.45, 7) is 4.38. The third kappa shape index (κ3) is 4.95. The predicted molar refractivity (Wildman–Crippen MR) is 62.3 cm³/mol. The monoisotopic (exact) mass is 255 g/mol. The van der Waals surface area contributed by atoms with Gasteiger partial charge in [0.15, 0.2) is 0 Å². The van der Waals surface area contributed by atoms with E-state index in [1.807, 2.05) is 0 Å². The lowest BCUT2D eigenvalue weighted by molar-refractivity contribution is -0.0329. The molecule has 1 aliphatic carbocycles. The second-order valence-corrected chi connectivity index (χ2v) is 6.73. The van der Waals surface area contributed by atoms with Crippen LogP contribution < -0.4 is 5.73 Å². The van der Waals surface area contributed by atoms with E-state index in [0.717, 1.165) is 25.7 Å². The molecule has 0 saturated heterocycles. The number of hydrogen-bond donors (Lipinski definition) is 1. The first kappa shape index (κ1) is 14.2. The van der Waals surface area contributed by atoms with Gasteiger partial charge in [-0.1, -0.05) is 25.6 Å². The lowest BCUT2D eigenvalue weighted by atomic mass is 9.69. The Hall–Kier alpha value is 0.100. The Balaban J connectivity index is 2.32. The summed E-state index contributed by atoms with van der Waals surface area (Å²) >= 11 is 0.0457. The van der Waals surface area contributed by atoms with Gasteiger partial charge < -0.3 is 5.73 Å². The molecule has 0 aliphatic heterocycles. The fourth-order valence-corrected chi connectivity index (χ4v) is 2.78. The van der Waals surface area contributed by atoms with Gasteiger partial charge in [0.2, 0.25) is 0 Å². The van der Waals surface area contributed by atoms with Crippen molar-refractivity contribution in [2.75, 3.05) is 5.75 Å². The first-order valence-corrected chi connectivity index (χ1v) is 6.60. The van der Waals surface area contributed by atoms with Crippen molar-refractivity contribution in [2.24, 2.45) is 11.1 Å². The van der Waals surface area contributed by atoms with Crippen LogP contribution in [-0.2, 0) is 0 Å². The third-order valence-electron chi connectivity index (χ3n) is 3.47. The molecule has 0 aromatic heterocycles. The largest absolute Gasteiger partial charge is 0.441 e. The molecule has 5 heteroatoms. The normalized spacial score (nSPS) is 24.4. The molecule has 0 radical (unpaired) electrons. The molecular weight excluding hydrogens is 235 g/mol. The van der Waals surface area contributed by atoms with Crippen LogP contribution >= 0.6 is 11.8 Å². The molecule has 0 atom stereocenters. The Morgan fingerprint density at radius 3 is 2.06 bits per heavy atom. The van der Waals surface area contributed by atoms with Crippen molar-refractivity contribution in [2.45, 2.75) is 57.0 Å².